The summed E-state index contributed by atoms with van der Waals surface area (Å²) in [5, 5.41) is 0. The summed E-state index contributed by atoms with van der Waals surface area (Å²) in [6, 6.07) is 7.59. The van der Waals surface area contributed by atoms with Crippen LogP contribution in [0.15, 0.2) is 24.3 Å². The van der Waals surface area contributed by atoms with Gasteiger partial charge in [0.25, 0.3) is 0 Å². The molecule has 1 aromatic rings. The van der Waals surface area contributed by atoms with Crippen LogP contribution < -0.4 is 11.3 Å². The Morgan fingerprint density at radius 3 is 3.00 bits per heavy atom. The first kappa shape index (κ1) is 8.98. The number of hydrogen-bond acceptors (Lipinski definition) is 3. The maximum absolute atomic E-state index is 5.23. The van der Waals surface area contributed by atoms with E-state index in [2.05, 4.69) is 29.9 Å². The molecule has 0 aliphatic carbocycles. The lowest BCUT2D eigenvalue weighted by atomic mass is 10.2. The monoisotopic (exact) mass is 178 g/mol. The van der Waals surface area contributed by atoms with Gasteiger partial charge in [0.2, 0.25) is 0 Å². The maximum Gasteiger partial charge on any atom is 0.0521 e. The van der Waals surface area contributed by atoms with Crippen molar-refractivity contribution in [2.24, 2.45) is 5.84 Å². The zero-order valence-corrected chi connectivity index (χ0v) is 7.44. The molecule has 1 aromatic carbocycles. The van der Waals surface area contributed by atoms with Crippen LogP contribution in [0.2, 0.25) is 0 Å². The van der Waals surface area contributed by atoms with E-state index in [1.165, 1.54) is 0 Å². The zero-order chi connectivity index (χ0) is 8.81. The summed E-state index contributed by atoms with van der Waals surface area (Å²) < 4.78 is 0. The van der Waals surface area contributed by atoms with Crippen LogP contribution >= 0.6 is 12.6 Å². The largest absolute Gasteiger partial charge is 0.324 e. The Hall–Kier alpha value is -1.11. The third-order valence-corrected chi connectivity index (χ3v) is 1.50. The Kier molecular flexibility index (Phi) is 3.52. The van der Waals surface area contributed by atoms with Crippen molar-refractivity contribution in [2.45, 2.75) is 0 Å². The molecular weight excluding hydrogens is 168 g/mol. The number of thiol groups is 1. The number of nitrogens with two attached hydrogens (primary N) is 1. The van der Waals surface area contributed by atoms with Gasteiger partial charge in [-0.2, -0.15) is 12.6 Å². The molecule has 3 heteroatoms. The molecule has 0 unspecified atom stereocenters. The van der Waals surface area contributed by atoms with Gasteiger partial charge in [-0.05, 0) is 18.2 Å². The quantitative estimate of drug-likeness (QED) is 0.262. The van der Waals surface area contributed by atoms with Crippen LogP contribution in [-0.4, -0.2) is 5.75 Å². The van der Waals surface area contributed by atoms with Crippen LogP contribution in [0.4, 0.5) is 5.69 Å². The summed E-state index contributed by atoms with van der Waals surface area (Å²) in [4.78, 5) is 0. The van der Waals surface area contributed by atoms with Crippen LogP contribution in [-0.2, 0) is 0 Å². The van der Waals surface area contributed by atoms with Crippen LogP contribution in [0.25, 0.3) is 0 Å². The number of hydrazine groups is 1. The van der Waals surface area contributed by atoms with Gasteiger partial charge in [-0.1, -0.05) is 17.9 Å². The molecule has 62 valence electrons. The maximum atomic E-state index is 5.23. The standard InChI is InChI=1S/C9H10N2S/c10-11-9-5-1-3-8(7-9)4-2-6-12/h1,3,5,7,11-12H,6,10H2. The first-order valence-corrected chi connectivity index (χ1v) is 4.16. The molecule has 0 aliphatic rings. The van der Waals surface area contributed by atoms with Crippen molar-refractivity contribution in [3.8, 4) is 11.8 Å². The fourth-order valence-corrected chi connectivity index (χ4v) is 0.907. The molecule has 0 saturated carbocycles. The van der Waals surface area contributed by atoms with Gasteiger partial charge in [-0.3, -0.25) is 5.84 Å². The molecule has 3 N–H and O–H groups in total. The van der Waals surface area contributed by atoms with Crippen molar-refractivity contribution < 1.29 is 0 Å². The normalized spacial score (nSPS) is 8.50. The molecule has 0 spiro atoms. The minimum atomic E-state index is 0.570. The number of benzene rings is 1. The predicted molar refractivity (Wildman–Crippen MR) is 55.0 cm³/mol. The third kappa shape index (κ3) is 2.50. The minimum absolute atomic E-state index is 0.570. The molecule has 0 heterocycles. The van der Waals surface area contributed by atoms with Crippen molar-refractivity contribution in [3.63, 3.8) is 0 Å². The SMILES string of the molecule is NNc1cccc(C#CCS)c1. The third-order valence-electron chi connectivity index (χ3n) is 1.34. The summed E-state index contributed by atoms with van der Waals surface area (Å²) in [5.74, 6) is 11.6. The van der Waals surface area contributed by atoms with E-state index >= 15 is 0 Å². The van der Waals surface area contributed by atoms with Gasteiger partial charge in [-0.25, -0.2) is 0 Å². The molecule has 0 radical (unpaired) electrons. The summed E-state index contributed by atoms with van der Waals surface area (Å²) in [6.07, 6.45) is 0. The van der Waals surface area contributed by atoms with E-state index in [9.17, 15) is 0 Å². The Labute approximate surface area is 77.5 Å². The highest BCUT2D eigenvalue weighted by atomic mass is 32.1. The molecule has 2 nitrogen and oxygen atoms in total. The molecule has 12 heavy (non-hydrogen) atoms. The van der Waals surface area contributed by atoms with E-state index in [-0.39, 0.29) is 0 Å². The van der Waals surface area contributed by atoms with E-state index in [0.717, 1.165) is 11.3 Å². The van der Waals surface area contributed by atoms with Crippen LogP contribution in [0.5, 0.6) is 0 Å². The summed E-state index contributed by atoms with van der Waals surface area (Å²) in [5.41, 5.74) is 4.36. The van der Waals surface area contributed by atoms with E-state index in [0.29, 0.717) is 5.75 Å². The van der Waals surface area contributed by atoms with Crippen molar-refractivity contribution in [1.29, 1.82) is 0 Å². The summed E-state index contributed by atoms with van der Waals surface area (Å²) >= 11 is 3.99. The first-order valence-electron chi connectivity index (χ1n) is 3.53. The Bertz CT molecular complexity index is 312. The van der Waals surface area contributed by atoms with Crippen LogP contribution in [0.3, 0.4) is 0 Å². The highest BCUT2D eigenvalue weighted by Crippen LogP contribution is 2.07. The highest BCUT2D eigenvalue weighted by molar-refractivity contribution is 7.80. The number of rotatable bonds is 1. The topological polar surface area (TPSA) is 38.0 Å². The molecule has 0 atom stereocenters. The lowest BCUT2D eigenvalue weighted by Crippen LogP contribution is -2.06. The second-order valence-corrected chi connectivity index (χ2v) is 2.50. The van der Waals surface area contributed by atoms with Gasteiger partial charge in [0.1, 0.15) is 0 Å². The van der Waals surface area contributed by atoms with E-state index in [4.69, 9.17) is 5.84 Å². The van der Waals surface area contributed by atoms with E-state index in [1.54, 1.807) is 0 Å². The minimum Gasteiger partial charge on any atom is -0.324 e. The lowest BCUT2D eigenvalue weighted by molar-refractivity contribution is 1.35. The van der Waals surface area contributed by atoms with Crippen LogP contribution in [0.1, 0.15) is 5.56 Å². The average Bonchev–Trinajstić information content (AvgIpc) is 2.15. The second-order valence-electron chi connectivity index (χ2n) is 2.19. The van der Waals surface area contributed by atoms with Crippen molar-refractivity contribution >= 4 is 18.3 Å². The molecular formula is C9H10N2S. The molecule has 0 aromatic heterocycles. The predicted octanol–water partition coefficient (Wildman–Crippen LogP) is 1.25. The van der Waals surface area contributed by atoms with Gasteiger partial charge in [0.05, 0.1) is 5.75 Å². The molecule has 0 amide bonds. The van der Waals surface area contributed by atoms with E-state index < -0.39 is 0 Å². The first-order chi connectivity index (χ1) is 5.86. The number of anilines is 1. The zero-order valence-electron chi connectivity index (χ0n) is 6.54. The van der Waals surface area contributed by atoms with Gasteiger partial charge < -0.3 is 5.43 Å². The molecule has 0 fully saturated rings. The summed E-state index contributed by atoms with van der Waals surface area (Å²) in [6.45, 7) is 0. The molecule has 0 bridgehead atoms. The second kappa shape index (κ2) is 4.70. The van der Waals surface area contributed by atoms with Crippen molar-refractivity contribution in [2.75, 3.05) is 11.2 Å². The molecule has 1 rings (SSSR count). The number of hydrogen-bond donors (Lipinski definition) is 3. The molecule has 0 saturated heterocycles. The fourth-order valence-electron chi connectivity index (χ4n) is 0.828. The summed E-state index contributed by atoms with van der Waals surface area (Å²) in [7, 11) is 0. The Morgan fingerprint density at radius 2 is 2.33 bits per heavy atom. The van der Waals surface area contributed by atoms with Gasteiger partial charge in [0, 0.05) is 11.3 Å². The van der Waals surface area contributed by atoms with E-state index in [1.807, 2.05) is 24.3 Å². The van der Waals surface area contributed by atoms with Crippen molar-refractivity contribution in [3.05, 3.63) is 29.8 Å². The number of nitrogen functional groups attached to an aromatic ring is 1. The van der Waals surface area contributed by atoms with Crippen LogP contribution in [0, 0.1) is 11.8 Å². The average molecular weight is 178 g/mol. The molecule has 0 aliphatic heterocycles. The lowest BCUT2D eigenvalue weighted by Gasteiger charge is -1.98. The number of nitrogens with one attached hydrogen (secondary N) is 1. The Morgan fingerprint density at radius 1 is 1.50 bits per heavy atom. The van der Waals surface area contributed by atoms with Gasteiger partial charge in [-0.15, -0.1) is 0 Å². The fraction of sp³-hybridized carbons (Fsp3) is 0.111. The van der Waals surface area contributed by atoms with Crippen molar-refractivity contribution in [1.82, 2.24) is 0 Å². The smallest absolute Gasteiger partial charge is 0.0521 e. The Balaban J connectivity index is 2.86. The van der Waals surface area contributed by atoms with Gasteiger partial charge in [0.15, 0.2) is 0 Å². The highest BCUT2D eigenvalue weighted by Gasteiger charge is 1.88. The van der Waals surface area contributed by atoms with Gasteiger partial charge >= 0.3 is 0 Å².